The van der Waals surface area contributed by atoms with Crippen LogP contribution in [0.4, 0.5) is 5.69 Å². The van der Waals surface area contributed by atoms with E-state index in [0.717, 1.165) is 25.9 Å². The molecule has 1 N–H and O–H groups in total. The molecular weight excluding hydrogens is 364 g/mol. The molecule has 1 aliphatic rings. The number of hydrogen-bond donors (Lipinski definition) is 1. The Morgan fingerprint density at radius 3 is 2.70 bits per heavy atom. The molecule has 1 unspecified atom stereocenters. The minimum atomic E-state index is -0.322. The van der Waals surface area contributed by atoms with Gasteiger partial charge in [0.1, 0.15) is 5.75 Å². The van der Waals surface area contributed by atoms with Crippen molar-refractivity contribution >= 4 is 29.1 Å². The predicted octanol–water partition coefficient (Wildman–Crippen LogP) is 4.47. The van der Waals surface area contributed by atoms with Crippen molar-refractivity contribution in [3.63, 3.8) is 0 Å². The van der Waals surface area contributed by atoms with E-state index in [4.69, 9.17) is 16.3 Å². The van der Waals surface area contributed by atoms with Crippen LogP contribution in [0.3, 0.4) is 0 Å². The quantitative estimate of drug-likeness (QED) is 0.843. The molecule has 3 rings (SSSR count). The van der Waals surface area contributed by atoms with E-state index in [1.165, 1.54) is 7.11 Å². The van der Waals surface area contributed by atoms with Crippen molar-refractivity contribution in [2.75, 3.05) is 25.5 Å². The molecule has 1 aliphatic heterocycles. The number of carbonyl (C=O) groups excluding carboxylic acids is 2. The van der Waals surface area contributed by atoms with Gasteiger partial charge in [0.25, 0.3) is 11.8 Å². The average molecular weight is 387 g/mol. The third-order valence-corrected chi connectivity index (χ3v) is 4.96. The van der Waals surface area contributed by atoms with Crippen molar-refractivity contribution in [2.45, 2.75) is 19.8 Å². The summed E-state index contributed by atoms with van der Waals surface area (Å²) >= 11 is 6.01. The van der Waals surface area contributed by atoms with Crippen LogP contribution in [0, 0.1) is 5.92 Å². The van der Waals surface area contributed by atoms with Crippen molar-refractivity contribution < 1.29 is 14.3 Å². The maximum absolute atomic E-state index is 12.8. The predicted molar refractivity (Wildman–Crippen MR) is 107 cm³/mol. The number of carbonyl (C=O) groups is 2. The molecule has 0 saturated carbocycles. The maximum atomic E-state index is 12.8. The smallest absolute Gasteiger partial charge is 0.255 e. The van der Waals surface area contributed by atoms with Crippen LogP contribution >= 0.6 is 11.6 Å². The van der Waals surface area contributed by atoms with Crippen LogP contribution in [0.1, 0.15) is 40.5 Å². The SMILES string of the molecule is COc1ccc(Cl)cc1NC(=O)c1cccc(C(=O)N2CCCC(C)C2)c1. The van der Waals surface area contributed by atoms with Gasteiger partial charge in [-0.15, -0.1) is 0 Å². The van der Waals surface area contributed by atoms with Gasteiger partial charge in [-0.1, -0.05) is 24.6 Å². The molecule has 0 radical (unpaired) electrons. The summed E-state index contributed by atoms with van der Waals surface area (Å²) in [6.07, 6.45) is 2.16. The lowest BCUT2D eigenvalue weighted by Crippen LogP contribution is -2.39. The molecule has 0 spiro atoms. The normalized spacial score (nSPS) is 16.7. The van der Waals surface area contributed by atoms with Gasteiger partial charge >= 0.3 is 0 Å². The molecule has 2 aromatic rings. The molecule has 1 saturated heterocycles. The van der Waals surface area contributed by atoms with Crippen LogP contribution in [0.25, 0.3) is 0 Å². The molecule has 1 heterocycles. The fourth-order valence-corrected chi connectivity index (χ4v) is 3.49. The van der Waals surface area contributed by atoms with Gasteiger partial charge in [-0.2, -0.15) is 0 Å². The Morgan fingerprint density at radius 2 is 1.96 bits per heavy atom. The number of rotatable bonds is 4. The van der Waals surface area contributed by atoms with E-state index in [-0.39, 0.29) is 11.8 Å². The van der Waals surface area contributed by atoms with Crippen LogP contribution < -0.4 is 10.1 Å². The first-order valence-electron chi connectivity index (χ1n) is 9.02. The molecule has 0 aromatic heterocycles. The Kier molecular flexibility index (Phi) is 6.01. The van der Waals surface area contributed by atoms with Crippen LogP contribution in [-0.4, -0.2) is 36.9 Å². The van der Waals surface area contributed by atoms with Gasteiger partial charge in [0.15, 0.2) is 0 Å². The molecule has 6 heteroatoms. The zero-order chi connectivity index (χ0) is 19.4. The molecule has 1 atom stereocenters. The molecule has 2 aromatic carbocycles. The largest absolute Gasteiger partial charge is 0.495 e. The van der Waals surface area contributed by atoms with Crippen molar-refractivity contribution in [2.24, 2.45) is 5.92 Å². The third-order valence-electron chi connectivity index (χ3n) is 4.73. The highest BCUT2D eigenvalue weighted by molar-refractivity contribution is 6.31. The Labute approximate surface area is 164 Å². The van der Waals surface area contributed by atoms with E-state index in [0.29, 0.717) is 33.5 Å². The first-order valence-corrected chi connectivity index (χ1v) is 9.40. The molecule has 27 heavy (non-hydrogen) atoms. The highest BCUT2D eigenvalue weighted by atomic mass is 35.5. The number of ether oxygens (including phenoxy) is 1. The Balaban J connectivity index is 1.78. The van der Waals surface area contributed by atoms with E-state index in [1.54, 1.807) is 42.5 Å². The summed E-state index contributed by atoms with van der Waals surface area (Å²) in [6, 6.07) is 11.8. The zero-order valence-corrected chi connectivity index (χ0v) is 16.3. The zero-order valence-electron chi connectivity index (χ0n) is 15.5. The number of benzene rings is 2. The second-order valence-electron chi connectivity index (χ2n) is 6.88. The van der Waals surface area contributed by atoms with Crippen LogP contribution in [0.5, 0.6) is 5.75 Å². The lowest BCUT2D eigenvalue weighted by molar-refractivity contribution is 0.0683. The third kappa shape index (κ3) is 4.61. The number of nitrogens with zero attached hydrogens (tertiary/aromatic N) is 1. The van der Waals surface area contributed by atoms with E-state index in [1.807, 2.05) is 4.90 Å². The number of likely N-dealkylation sites (tertiary alicyclic amines) is 1. The van der Waals surface area contributed by atoms with Crippen LogP contribution in [-0.2, 0) is 0 Å². The second kappa shape index (κ2) is 8.44. The highest BCUT2D eigenvalue weighted by Gasteiger charge is 2.22. The van der Waals surface area contributed by atoms with E-state index in [9.17, 15) is 9.59 Å². The highest BCUT2D eigenvalue weighted by Crippen LogP contribution is 2.28. The molecule has 2 amide bonds. The van der Waals surface area contributed by atoms with E-state index < -0.39 is 0 Å². The first kappa shape index (κ1) is 19.2. The molecule has 5 nitrogen and oxygen atoms in total. The Morgan fingerprint density at radius 1 is 1.19 bits per heavy atom. The Hall–Kier alpha value is -2.53. The topological polar surface area (TPSA) is 58.6 Å². The van der Waals surface area contributed by atoms with Crippen LogP contribution in [0.2, 0.25) is 5.02 Å². The number of halogens is 1. The Bertz CT molecular complexity index is 853. The minimum Gasteiger partial charge on any atom is -0.495 e. The molecule has 0 aliphatic carbocycles. The standard InChI is InChI=1S/C21H23ClN2O3/c1-14-5-4-10-24(13-14)21(26)16-7-3-6-15(11-16)20(25)23-18-12-17(22)8-9-19(18)27-2/h3,6-9,11-12,14H,4-5,10,13H2,1-2H3,(H,23,25). The summed E-state index contributed by atoms with van der Waals surface area (Å²) in [7, 11) is 1.53. The van der Waals surface area contributed by atoms with Gasteiger partial charge in [0, 0.05) is 29.2 Å². The molecular formula is C21H23ClN2O3. The van der Waals surface area contributed by atoms with Gasteiger partial charge < -0.3 is 15.0 Å². The number of anilines is 1. The number of hydrogen-bond acceptors (Lipinski definition) is 3. The summed E-state index contributed by atoms with van der Waals surface area (Å²) in [6.45, 7) is 3.68. The lowest BCUT2D eigenvalue weighted by atomic mass is 9.99. The summed E-state index contributed by atoms with van der Waals surface area (Å²) < 4.78 is 5.25. The number of methoxy groups -OCH3 is 1. The van der Waals surface area contributed by atoms with Crippen LogP contribution in [0.15, 0.2) is 42.5 Å². The average Bonchev–Trinajstić information content (AvgIpc) is 2.67. The fourth-order valence-electron chi connectivity index (χ4n) is 3.32. The van der Waals surface area contributed by atoms with Gasteiger partial charge in [-0.3, -0.25) is 9.59 Å². The summed E-state index contributed by atoms with van der Waals surface area (Å²) in [5.74, 6) is 0.667. The first-order chi connectivity index (χ1) is 13.0. The number of amides is 2. The monoisotopic (exact) mass is 386 g/mol. The maximum Gasteiger partial charge on any atom is 0.255 e. The molecule has 142 valence electrons. The summed E-state index contributed by atoms with van der Waals surface area (Å²) in [5.41, 5.74) is 1.42. The van der Waals surface area contributed by atoms with E-state index in [2.05, 4.69) is 12.2 Å². The molecule has 1 fully saturated rings. The van der Waals surface area contributed by atoms with Gasteiger partial charge in [-0.25, -0.2) is 0 Å². The molecule has 0 bridgehead atoms. The fraction of sp³-hybridized carbons (Fsp3) is 0.333. The van der Waals surface area contributed by atoms with Crippen molar-refractivity contribution in [1.82, 2.24) is 4.90 Å². The van der Waals surface area contributed by atoms with Crippen molar-refractivity contribution in [3.05, 3.63) is 58.6 Å². The van der Waals surface area contributed by atoms with Gasteiger partial charge in [0.2, 0.25) is 0 Å². The minimum absolute atomic E-state index is 0.0310. The number of piperidine rings is 1. The van der Waals surface area contributed by atoms with Gasteiger partial charge in [0.05, 0.1) is 12.8 Å². The van der Waals surface area contributed by atoms with Gasteiger partial charge in [-0.05, 0) is 55.2 Å². The summed E-state index contributed by atoms with van der Waals surface area (Å²) in [5, 5.41) is 3.29. The van der Waals surface area contributed by atoms with E-state index >= 15 is 0 Å². The van der Waals surface area contributed by atoms with Crippen molar-refractivity contribution in [1.29, 1.82) is 0 Å². The second-order valence-corrected chi connectivity index (χ2v) is 7.31. The van der Waals surface area contributed by atoms with Crippen molar-refractivity contribution in [3.8, 4) is 5.75 Å². The lowest BCUT2D eigenvalue weighted by Gasteiger charge is -2.31. The summed E-state index contributed by atoms with van der Waals surface area (Å²) in [4.78, 5) is 27.3. The number of nitrogens with one attached hydrogen (secondary N) is 1.